The first-order chi connectivity index (χ1) is 9.47. The minimum atomic E-state index is -0.375. The number of ether oxygens (including phenoxy) is 2. The Bertz CT molecular complexity index is 574. The van der Waals surface area contributed by atoms with Gasteiger partial charge in [0.1, 0.15) is 24.2 Å². The van der Waals surface area contributed by atoms with E-state index in [1.54, 1.807) is 12.1 Å². The van der Waals surface area contributed by atoms with Crippen molar-refractivity contribution in [1.29, 1.82) is 0 Å². The van der Waals surface area contributed by atoms with Gasteiger partial charge in [0.05, 0.1) is 29.8 Å². The van der Waals surface area contributed by atoms with E-state index in [4.69, 9.17) is 21.1 Å². The van der Waals surface area contributed by atoms with E-state index in [-0.39, 0.29) is 17.7 Å². The van der Waals surface area contributed by atoms with Crippen molar-refractivity contribution >= 4 is 28.9 Å². The minimum absolute atomic E-state index is 0.00258. The Morgan fingerprint density at radius 3 is 3.00 bits per heavy atom. The van der Waals surface area contributed by atoms with E-state index in [9.17, 15) is 4.79 Å². The van der Waals surface area contributed by atoms with Gasteiger partial charge in [-0.3, -0.25) is 0 Å². The fourth-order valence-electron chi connectivity index (χ4n) is 2.87. The zero-order valence-corrected chi connectivity index (χ0v) is 12.5. The molecule has 3 rings (SSSR count). The Hall–Kier alpha value is -1.62. The van der Waals surface area contributed by atoms with Gasteiger partial charge in [-0.05, 0) is 26.0 Å². The zero-order valence-electron chi connectivity index (χ0n) is 11.7. The summed E-state index contributed by atoms with van der Waals surface area (Å²) in [5, 5.41) is 3.35. The lowest BCUT2D eigenvalue weighted by Gasteiger charge is -2.44. The van der Waals surface area contributed by atoms with Gasteiger partial charge < -0.3 is 19.7 Å². The van der Waals surface area contributed by atoms with Gasteiger partial charge in [0.25, 0.3) is 0 Å². The maximum atomic E-state index is 11.7. The molecule has 1 N–H and O–H groups in total. The number of anilines is 2. The number of hydrogen-bond donors (Lipinski definition) is 1. The summed E-state index contributed by atoms with van der Waals surface area (Å²) >= 11 is 6.07. The van der Waals surface area contributed by atoms with Gasteiger partial charge in [0.15, 0.2) is 0 Å². The number of methoxy groups -OCH3 is 1. The van der Waals surface area contributed by atoms with Crippen LogP contribution in [0.5, 0.6) is 5.75 Å². The number of nitrogens with zero attached hydrogens (tertiary/aromatic N) is 1. The summed E-state index contributed by atoms with van der Waals surface area (Å²) in [5.74, 6) is 0.771. The number of rotatable bonds is 2. The van der Waals surface area contributed by atoms with Crippen molar-refractivity contribution in [2.45, 2.75) is 25.6 Å². The second-order valence-electron chi connectivity index (χ2n) is 5.65. The predicted octanol–water partition coefficient (Wildman–Crippen LogP) is 2.44. The number of carbonyl (C=O) groups is 1. The highest BCUT2D eigenvalue weighted by Gasteiger charge is 2.44. The monoisotopic (exact) mass is 296 g/mol. The SMILES string of the molecule is COC(=O)c1cc2c3c(c1)OCC(C)(C)N3C(CCl)N2. The highest BCUT2D eigenvalue weighted by molar-refractivity contribution is 6.19. The summed E-state index contributed by atoms with van der Waals surface area (Å²) in [7, 11) is 1.37. The summed E-state index contributed by atoms with van der Waals surface area (Å²) in [4.78, 5) is 13.9. The molecular weight excluding hydrogens is 280 g/mol. The third kappa shape index (κ3) is 1.80. The highest BCUT2D eigenvalue weighted by Crippen LogP contribution is 2.49. The molecule has 6 heteroatoms. The van der Waals surface area contributed by atoms with E-state index >= 15 is 0 Å². The number of nitrogens with one attached hydrogen (secondary N) is 1. The molecular formula is C14H17ClN2O3. The van der Waals surface area contributed by atoms with Crippen molar-refractivity contribution in [1.82, 2.24) is 0 Å². The van der Waals surface area contributed by atoms with Crippen LogP contribution in [0.1, 0.15) is 24.2 Å². The van der Waals surface area contributed by atoms with Crippen LogP contribution in [0.25, 0.3) is 0 Å². The second kappa shape index (κ2) is 4.45. The summed E-state index contributed by atoms with van der Waals surface area (Å²) in [6.45, 7) is 4.76. The lowest BCUT2D eigenvalue weighted by molar-refractivity contribution is 0.0600. The topological polar surface area (TPSA) is 50.8 Å². The first-order valence-corrected chi connectivity index (χ1v) is 7.02. The molecule has 0 amide bonds. The molecule has 20 heavy (non-hydrogen) atoms. The van der Waals surface area contributed by atoms with E-state index in [1.807, 2.05) is 0 Å². The van der Waals surface area contributed by atoms with Crippen molar-refractivity contribution in [3.05, 3.63) is 17.7 Å². The average Bonchev–Trinajstić information content (AvgIpc) is 2.82. The summed E-state index contributed by atoms with van der Waals surface area (Å²) in [5.41, 5.74) is 2.15. The van der Waals surface area contributed by atoms with Crippen LogP contribution >= 0.6 is 11.6 Å². The predicted molar refractivity (Wildman–Crippen MR) is 78.0 cm³/mol. The Kier molecular flexibility index (Phi) is 2.97. The van der Waals surface area contributed by atoms with E-state index in [0.717, 1.165) is 11.4 Å². The Morgan fingerprint density at radius 1 is 1.60 bits per heavy atom. The van der Waals surface area contributed by atoms with Crippen molar-refractivity contribution in [3.63, 3.8) is 0 Å². The first-order valence-electron chi connectivity index (χ1n) is 6.49. The van der Waals surface area contributed by atoms with Gasteiger partial charge in [0.2, 0.25) is 0 Å². The number of carbonyl (C=O) groups excluding carboxylic acids is 1. The van der Waals surface area contributed by atoms with E-state index in [0.29, 0.717) is 23.8 Å². The Morgan fingerprint density at radius 2 is 2.35 bits per heavy atom. The average molecular weight is 297 g/mol. The second-order valence-corrected chi connectivity index (χ2v) is 5.96. The molecule has 2 aliphatic rings. The van der Waals surface area contributed by atoms with Crippen molar-refractivity contribution < 1.29 is 14.3 Å². The molecule has 2 heterocycles. The fraction of sp³-hybridized carbons (Fsp3) is 0.500. The van der Waals surface area contributed by atoms with Gasteiger partial charge in [-0.15, -0.1) is 11.6 Å². The van der Waals surface area contributed by atoms with Crippen molar-refractivity contribution in [2.75, 3.05) is 29.8 Å². The fourth-order valence-corrected chi connectivity index (χ4v) is 3.08. The molecule has 0 fully saturated rings. The molecule has 0 bridgehead atoms. The zero-order chi connectivity index (χ0) is 14.5. The quantitative estimate of drug-likeness (QED) is 0.671. The molecule has 0 radical (unpaired) electrons. The molecule has 0 aromatic heterocycles. The molecule has 1 aromatic carbocycles. The largest absolute Gasteiger partial charge is 0.489 e. The minimum Gasteiger partial charge on any atom is -0.489 e. The van der Waals surface area contributed by atoms with Crippen LogP contribution in [0, 0.1) is 0 Å². The van der Waals surface area contributed by atoms with Gasteiger partial charge in [0, 0.05) is 0 Å². The van der Waals surface area contributed by atoms with Crippen molar-refractivity contribution in [2.24, 2.45) is 0 Å². The molecule has 0 spiro atoms. The van der Waals surface area contributed by atoms with Crippen LogP contribution in [-0.4, -0.2) is 37.3 Å². The number of esters is 1. The lowest BCUT2D eigenvalue weighted by Crippen LogP contribution is -2.56. The first kappa shape index (κ1) is 13.4. The Labute approximate surface area is 122 Å². The van der Waals surface area contributed by atoms with E-state index in [2.05, 4.69) is 24.1 Å². The number of halogens is 1. The van der Waals surface area contributed by atoms with Gasteiger partial charge in [-0.2, -0.15) is 0 Å². The molecule has 0 saturated heterocycles. The maximum Gasteiger partial charge on any atom is 0.338 e. The van der Waals surface area contributed by atoms with Crippen LogP contribution in [-0.2, 0) is 4.74 Å². The standard InChI is InChI=1S/C14H17ClN2O3/c1-14(2)7-20-10-5-8(13(18)19-3)4-9-12(10)17(14)11(6-15)16-9/h4-5,11,16H,6-7H2,1-3H3. The van der Waals surface area contributed by atoms with Crippen LogP contribution < -0.4 is 15.0 Å². The number of hydrogen-bond acceptors (Lipinski definition) is 5. The van der Waals surface area contributed by atoms with Gasteiger partial charge in [-0.1, -0.05) is 0 Å². The van der Waals surface area contributed by atoms with Crippen LogP contribution in [0.3, 0.4) is 0 Å². The molecule has 5 nitrogen and oxygen atoms in total. The van der Waals surface area contributed by atoms with Crippen LogP contribution in [0.4, 0.5) is 11.4 Å². The van der Waals surface area contributed by atoms with E-state index < -0.39 is 0 Å². The van der Waals surface area contributed by atoms with E-state index in [1.165, 1.54) is 7.11 Å². The number of benzene rings is 1. The maximum absolute atomic E-state index is 11.7. The molecule has 1 aromatic rings. The third-order valence-electron chi connectivity index (χ3n) is 3.75. The van der Waals surface area contributed by atoms with Gasteiger partial charge in [-0.25, -0.2) is 4.79 Å². The molecule has 1 unspecified atom stereocenters. The van der Waals surface area contributed by atoms with Crippen LogP contribution in [0.2, 0.25) is 0 Å². The smallest absolute Gasteiger partial charge is 0.338 e. The Balaban J connectivity index is 2.13. The summed E-state index contributed by atoms with van der Waals surface area (Å²) in [6.07, 6.45) is -0.00258. The molecule has 2 aliphatic heterocycles. The molecule has 1 atom stereocenters. The normalized spacial score (nSPS) is 21.8. The molecule has 108 valence electrons. The molecule has 0 saturated carbocycles. The van der Waals surface area contributed by atoms with Crippen molar-refractivity contribution in [3.8, 4) is 5.75 Å². The molecule has 0 aliphatic carbocycles. The van der Waals surface area contributed by atoms with Crippen LogP contribution in [0.15, 0.2) is 12.1 Å². The highest BCUT2D eigenvalue weighted by atomic mass is 35.5. The summed E-state index contributed by atoms with van der Waals surface area (Å²) in [6, 6.07) is 3.51. The number of alkyl halides is 1. The van der Waals surface area contributed by atoms with Gasteiger partial charge >= 0.3 is 5.97 Å². The summed E-state index contributed by atoms with van der Waals surface area (Å²) < 4.78 is 10.6. The third-order valence-corrected chi connectivity index (χ3v) is 4.04. The lowest BCUT2D eigenvalue weighted by atomic mass is 9.99.